The zero-order valence-corrected chi connectivity index (χ0v) is 16.9. The van der Waals surface area contributed by atoms with Crippen LogP contribution in [-0.4, -0.2) is 55.9 Å². The number of esters is 1. The summed E-state index contributed by atoms with van der Waals surface area (Å²) in [5.74, 6) is -0.576. The standard InChI is InChI=1S/C20H23NO7S/c1-2-21(16-9-11-29(24,25)14-16)18(22)13-28-20(23)19-15(8-10-26-19)12-27-17-6-4-3-5-7-17/h3-8,10,16H,2,9,11-14H2,1H3. The van der Waals surface area contributed by atoms with Gasteiger partial charge in [0.15, 0.2) is 16.4 Å². The molecule has 8 nitrogen and oxygen atoms in total. The fourth-order valence-electron chi connectivity index (χ4n) is 3.24. The van der Waals surface area contributed by atoms with Crippen LogP contribution < -0.4 is 4.74 Å². The van der Waals surface area contributed by atoms with Crippen molar-refractivity contribution in [3.63, 3.8) is 0 Å². The van der Waals surface area contributed by atoms with E-state index in [9.17, 15) is 18.0 Å². The smallest absolute Gasteiger partial charge is 0.375 e. The minimum absolute atomic E-state index is 0.0276. The summed E-state index contributed by atoms with van der Waals surface area (Å²) in [6.45, 7) is 1.73. The molecule has 0 radical (unpaired) electrons. The number of benzene rings is 1. The van der Waals surface area contributed by atoms with Gasteiger partial charge in [-0.25, -0.2) is 13.2 Å². The van der Waals surface area contributed by atoms with Crippen LogP contribution in [0.4, 0.5) is 0 Å². The Morgan fingerprint density at radius 1 is 1.21 bits per heavy atom. The molecule has 0 spiro atoms. The minimum Gasteiger partial charge on any atom is -0.489 e. The lowest BCUT2D eigenvalue weighted by Gasteiger charge is -2.26. The van der Waals surface area contributed by atoms with Crippen molar-refractivity contribution in [3.05, 3.63) is 54.0 Å². The quantitative estimate of drug-likeness (QED) is 0.601. The normalized spacial score (nSPS) is 17.6. The summed E-state index contributed by atoms with van der Waals surface area (Å²) in [5.41, 5.74) is 0.500. The van der Waals surface area contributed by atoms with Crippen LogP contribution in [0.3, 0.4) is 0 Å². The Kier molecular flexibility index (Phi) is 6.58. The highest BCUT2D eigenvalue weighted by Crippen LogP contribution is 2.19. The molecular weight excluding hydrogens is 398 g/mol. The average Bonchev–Trinajstić information content (AvgIpc) is 3.32. The number of hydrogen-bond acceptors (Lipinski definition) is 7. The highest BCUT2D eigenvalue weighted by atomic mass is 32.2. The first-order valence-electron chi connectivity index (χ1n) is 9.31. The number of rotatable bonds is 8. The molecule has 2 aromatic rings. The van der Waals surface area contributed by atoms with Gasteiger partial charge in [0.25, 0.3) is 5.91 Å². The van der Waals surface area contributed by atoms with Gasteiger partial charge < -0.3 is 18.8 Å². The van der Waals surface area contributed by atoms with Crippen molar-refractivity contribution in [3.8, 4) is 5.75 Å². The molecule has 1 aliphatic rings. The highest BCUT2D eigenvalue weighted by Gasteiger charge is 2.34. The number of carbonyl (C=O) groups excluding carboxylic acids is 2. The van der Waals surface area contributed by atoms with Crippen LogP contribution in [0.15, 0.2) is 47.1 Å². The molecule has 1 atom stereocenters. The SMILES string of the molecule is CCN(C(=O)COC(=O)c1occc1COc1ccccc1)C1CCS(=O)(=O)C1. The largest absolute Gasteiger partial charge is 0.489 e. The first-order valence-corrected chi connectivity index (χ1v) is 11.1. The highest BCUT2D eigenvalue weighted by molar-refractivity contribution is 7.91. The topological polar surface area (TPSA) is 103 Å². The number of sulfone groups is 1. The van der Waals surface area contributed by atoms with Gasteiger partial charge in [0.05, 0.1) is 17.8 Å². The van der Waals surface area contributed by atoms with E-state index in [1.165, 1.54) is 11.2 Å². The predicted octanol–water partition coefficient (Wildman–Crippen LogP) is 2.05. The van der Waals surface area contributed by atoms with E-state index in [0.717, 1.165) is 0 Å². The number of likely N-dealkylation sites (N-methyl/N-ethyl adjacent to an activating group) is 1. The third kappa shape index (κ3) is 5.38. The van der Waals surface area contributed by atoms with E-state index in [1.807, 2.05) is 18.2 Å². The molecule has 9 heteroatoms. The van der Waals surface area contributed by atoms with Gasteiger partial charge in [-0.2, -0.15) is 0 Å². The van der Waals surface area contributed by atoms with Gasteiger partial charge in [0.2, 0.25) is 5.76 Å². The van der Waals surface area contributed by atoms with E-state index in [2.05, 4.69) is 0 Å². The average molecular weight is 421 g/mol. The molecule has 1 saturated heterocycles. The van der Waals surface area contributed by atoms with Gasteiger partial charge in [-0.3, -0.25) is 4.79 Å². The Bertz CT molecular complexity index is 952. The van der Waals surface area contributed by atoms with E-state index in [-0.39, 0.29) is 29.9 Å². The second-order valence-corrected chi connectivity index (χ2v) is 8.92. The number of amides is 1. The fraction of sp³-hybridized carbons (Fsp3) is 0.400. The van der Waals surface area contributed by atoms with E-state index in [4.69, 9.17) is 13.9 Å². The van der Waals surface area contributed by atoms with E-state index >= 15 is 0 Å². The number of hydrogen-bond donors (Lipinski definition) is 0. The Morgan fingerprint density at radius 2 is 1.97 bits per heavy atom. The van der Waals surface area contributed by atoms with Crippen LogP contribution in [-0.2, 0) is 26.0 Å². The van der Waals surface area contributed by atoms with Crippen LogP contribution in [0.2, 0.25) is 0 Å². The second-order valence-electron chi connectivity index (χ2n) is 6.69. The number of para-hydroxylation sites is 1. The van der Waals surface area contributed by atoms with Crippen molar-refractivity contribution in [2.24, 2.45) is 0 Å². The Balaban J connectivity index is 1.55. The molecule has 1 aromatic heterocycles. The molecule has 156 valence electrons. The first kappa shape index (κ1) is 20.9. The maximum atomic E-state index is 12.4. The van der Waals surface area contributed by atoms with Crippen LogP contribution in [0.5, 0.6) is 5.75 Å². The third-order valence-electron chi connectivity index (χ3n) is 4.71. The molecule has 1 aliphatic heterocycles. The van der Waals surface area contributed by atoms with Crippen molar-refractivity contribution in [2.75, 3.05) is 24.7 Å². The summed E-state index contributed by atoms with van der Waals surface area (Å²) >= 11 is 0. The zero-order valence-electron chi connectivity index (χ0n) is 16.1. The lowest BCUT2D eigenvalue weighted by molar-refractivity contribution is -0.136. The Labute approximate surface area is 169 Å². The number of carbonyl (C=O) groups is 2. The van der Waals surface area contributed by atoms with Crippen molar-refractivity contribution in [2.45, 2.75) is 26.0 Å². The lowest BCUT2D eigenvalue weighted by Crippen LogP contribution is -2.43. The molecule has 0 N–H and O–H groups in total. The maximum Gasteiger partial charge on any atom is 0.375 e. The monoisotopic (exact) mass is 421 g/mol. The molecule has 3 rings (SSSR count). The Morgan fingerprint density at radius 3 is 2.62 bits per heavy atom. The number of ether oxygens (including phenoxy) is 2. The van der Waals surface area contributed by atoms with E-state index < -0.39 is 28.3 Å². The summed E-state index contributed by atoms with van der Waals surface area (Å²) in [5, 5.41) is 0. The molecule has 0 aliphatic carbocycles. The third-order valence-corrected chi connectivity index (χ3v) is 6.46. The van der Waals surface area contributed by atoms with Gasteiger partial charge in [0.1, 0.15) is 12.4 Å². The van der Waals surface area contributed by atoms with E-state index in [1.54, 1.807) is 25.1 Å². The van der Waals surface area contributed by atoms with Gasteiger partial charge >= 0.3 is 5.97 Å². The maximum absolute atomic E-state index is 12.4. The molecule has 0 bridgehead atoms. The van der Waals surface area contributed by atoms with Crippen LogP contribution >= 0.6 is 0 Å². The molecule has 1 aromatic carbocycles. The van der Waals surface area contributed by atoms with Crippen molar-refractivity contribution < 1.29 is 31.9 Å². The van der Waals surface area contributed by atoms with Crippen molar-refractivity contribution in [1.82, 2.24) is 4.90 Å². The van der Waals surface area contributed by atoms with E-state index in [0.29, 0.717) is 24.3 Å². The van der Waals surface area contributed by atoms with Crippen molar-refractivity contribution in [1.29, 1.82) is 0 Å². The zero-order chi connectivity index (χ0) is 20.9. The van der Waals surface area contributed by atoms with Gasteiger partial charge in [-0.05, 0) is 31.5 Å². The summed E-state index contributed by atoms with van der Waals surface area (Å²) in [6, 6.07) is 10.3. The van der Waals surface area contributed by atoms with Crippen LogP contribution in [0.25, 0.3) is 0 Å². The second kappa shape index (κ2) is 9.13. The molecule has 1 fully saturated rings. The summed E-state index contributed by atoms with van der Waals surface area (Å²) < 4.78 is 39.2. The Hall–Kier alpha value is -2.81. The van der Waals surface area contributed by atoms with Crippen LogP contribution in [0.1, 0.15) is 29.5 Å². The van der Waals surface area contributed by atoms with Crippen LogP contribution in [0, 0.1) is 0 Å². The molecule has 29 heavy (non-hydrogen) atoms. The summed E-state index contributed by atoms with van der Waals surface area (Å²) in [4.78, 5) is 26.2. The van der Waals surface area contributed by atoms with Gasteiger partial charge in [-0.15, -0.1) is 0 Å². The first-order chi connectivity index (χ1) is 13.9. The molecule has 1 amide bonds. The number of nitrogens with zero attached hydrogens (tertiary/aromatic N) is 1. The minimum atomic E-state index is -3.12. The lowest BCUT2D eigenvalue weighted by atomic mass is 10.2. The fourth-order valence-corrected chi connectivity index (χ4v) is 4.97. The summed E-state index contributed by atoms with van der Waals surface area (Å²) in [7, 11) is -3.12. The van der Waals surface area contributed by atoms with Gasteiger partial charge in [-0.1, -0.05) is 18.2 Å². The molecular formula is C20H23NO7S. The molecule has 0 saturated carbocycles. The predicted molar refractivity (Wildman–Crippen MR) is 104 cm³/mol. The van der Waals surface area contributed by atoms with Gasteiger partial charge in [0, 0.05) is 18.2 Å². The molecule has 2 heterocycles. The number of furan rings is 1. The van der Waals surface area contributed by atoms with Crippen molar-refractivity contribution >= 4 is 21.7 Å². The summed E-state index contributed by atoms with van der Waals surface area (Å²) in [6.07, 6.45) is 1.75. The molecule has 1 unspecified atom stereocenters.